The molecule has 0 radical (unpaired) electrons. The Morgan fingerprint density at radius 3 is 2.40 bits per heavy atom. The Morgan fingerprint density at radius 2 is 1.64 bits per heavy atom. The van der Waals surface area contributed by atoms with Crippen LogP contribution in [0.15, 0.2) is 54.7 Å². The van der Waals surface area contributed by atoms with Crippen molar-refractivity contribution in [1.29, 1.82) is 0 Å². The minimum absolute atomic E-state index is 0.184. The second kappa shape index (κ2) is 7.19. The maximum atomic E-state index is 13.1. The van der Waals surface area contributed by atoms with Crippen molar-refractivity contribution in [2.45, 2.75) is 12.8 Å². The van der Waals surface area contributed by atoms with E-state index in [4.69, 9.17) is 4.98 Å². The first-order valence-corrected chi connectivity index (χ1v) is 8.88. The largest absolute Gasteiger partial charge is 0.354 e. The van der Waals surface area contributed by atoms with Crippen molar-refractivity contribution in [2.75, 3.05) is 31.1 Å². The van der Waals surface area contributed by atoms with Crippen molar-refractivity contribution in [3.63, 3.8) is 0 Å². The maximum Gasteiger partial charge on any atom is 0.136 e. The van der Waals surface area contributed by atoms with Gasteiger partial charge in [-0.2, -0.15) is 0 Å². The predicted octanol–water partition coefficient (Wildman–Crippen LogP) is 3.57. The van der Waals surface area contributed by atoms with E-state index in [2.05, 4.69) is 34.5 Å². The number of aryl methyl sites for hydroxylation is 2. The number of piperazine rings is 1. The highest BCUT2D eigenvalue weighted by atomic mass is 19.1. The van der Waals surface area contributed by atoms with Gasteiger partial charge in [0, 0.05) is 37.8 Å². The molecule has 0 aliphatic carbocycles. The van der Waals surface area contributed by atoms with Crippen molar-refractivity contribution in [3.05, 3.63) is 71.7 Å². The quantitative estimate of drug-likeness (QED) is 0.790. The molecule has 0 spiro atoms. The highest BCUT2D eigenvalue weighted by Gasteiger charge is 2.15. The molecular weight excluding hydrogens is 313 g/mol. The standard InChI is InChI=1S/C21H22FN3/c22-18-9-6-16(7-10-18)5-8-17-15-24-21(25-13-11-23-12-14-25)20-4-2-1-3-19(17)20/h1-4,6-7,9-10,15,23H,5,8,11-14H2. The number of anilines is 1. The van der Waals surface area contributed by atoms with Crippen molar-refractivity contribution < 1.29 is 4.39 Å². The fourth-order valence-corrected chi connectivity index (χ4v) is 3.49. The van der Waals surface area contributed by atoms with Crippen LogP contribution in [0.3, 0.4) is 0 Å². The monoisotopic (exact) mass is 335 g/mol. The Balaban J connectivity index is 1.62. The van der Waals surface area contributed by atoms with Crippen LogP contribution in [0.4, 0.5) is 10.2 Å². The molecule has 1 aliphatic heterocycles. The summed E-state index contributed by atoms with van der Waals surface area (Å²) in [6.07, 6.45) is 3.81. The smallest absolute Gasteiger partial charge is 0.136 e. The summed E-state index contributed by atoms with van der Waals surface area (Å²) in [5, 5.41) is 5.88. The van der Waals surface area contributed by atoms with Gasteiger partial charge in [-0.3, -0.25) is 0 Å². The molecule has 0 saturated carbocycles. The molecule has 2 aromatic carbocycles. The molecule has 0 unspecified atom stereocenters. The summed E-state index contributed by atoms with van der Waals surface area (Å²) in [5.41, 5.74) is 2.40. The summed E-state index contributed by atoms with van der Waals surface area (Å²) in [6.45, 7) is 3.99. The van der Waals surface area contributed by atoms with E-state index in [1.165, 1.54) is 28.5 Å². The van der Waals surface area contributed by atoms with Gasteiger partial charge < -0.3 is 10.2 Å². The first-order valence-electron chi connectivity index (χ1n) is 8.88. The first-order chi connectivity index (χ1) is 12.3. The summed E-state index contributed by atoms with van der Waals surface area (Å²) in [7, 11) is 0. The highest BCUT2D eigenvalue weighted by Crippen LogP contribution is 2.28. The Kier molecular flexibility index (Phi) is 4.61. The minimum Gasteiger partial charge on any atom is -0.354 e. The number of hydrogen-bond acceptors (Lipinski definition) is 3. The Labute approximate surface area is 147 Å². The zero-order valence-electron chi connectivity index (χ0n) is 14.2. The third kappa shape index (κ3) is 3.49. The molecule has 4 heteroatoms. The van der Waals surface area contributed by atoms with Gasteiger partial charge in [0.1, 0.15) is 11.6 Å². The van der Waals surface area contributed by atoms with E-state index in [-0.39, 0.29) is 5.82 Å². The fourth-order valence-electron chi connectivity index (χ4n) is 3.49. The number of benzene rings is 2. The Bertz CT molecular complexity index is 855. The number of nitrogens with one attached hydrogen (secondary N) is 1. The van der Waals surface area contributed by atoms with Gasteiger partial charge in [0.15, 0.2) is 0 Å². The molecule has 25 heavy (non-hydrogen) atoms. The lowest BCUT2D eigenvalue weighted by Crippen LogP contribution is -2.44. The number of halogens is 1. The van der Waals surface area contributed by atoms with Crippen LogP contribution in [0.5, 0.6) is 0 Å². The van der Waals surface area contributed by atoms with Crippen LogP contribution in [-0.2, 0) is 12.8 Å². The minimum atomic E-state index is -0.184. The highest BCUT2D eigenvalue weighted by molar-refractivity contribution is 5.94. The molecule has 4 rings (SSSR count). The van der Waals surface area contributed by atoms with Gasteiger partial charge >= 0.3 is 0 Å². The number of pyridine rings is 1. The summed E-state index contributed by atoms with van der Waals surface area (Å²) in [4.78, 5) is 7.16. The zero-order valence-corrected chi connectivity index (χ0v) is 14.2. The molecule has 0 bridgehead atoms. The molecule has 0 atom stereocenters. The van der Waals surface area contributed by atoms with Crippen LogP contribution < -0.4 is 10.2 Å². The second-order valence-corrected chi connectivity index (χ2v) is 6.52. The third-order valence-electron chi connectivity index (χ3n) is 4.87. The number of rotatable bonds is 4. The van der Waals surface area contributed by atoms with Gasteiger partial charge in [-0.05, 0) is 41.5 Å². The molecule has 1 aliphatic rings. The molecule has 1 saturated heterocycles. The lowest BCUT2D eigenvalue weighted by Gasteiger charge is -2.29. The van der Waals surface area contributed by atoms with E-state index >= 15 is 0 Å². The first kappa shape index (κ1) is 16.0. The number of hydrogen-bond donors (Lipinski definition) is 1. The van der Waals surface area contributed by atoms with Crippen molar-refractivity contribution in [3.8, 4) is 0 Å². The van der Waals surface area contributed by atoms with Crippen molar-refractivity contribution in [1.82, 2.24) is 10.3 Å². The van der Waals surface area contributed by atoms with Gasteiger partial charge in [-0.15, -0.1) is 0 Å². The molecule has 1 N–H and O–H groups in total. The molecule has 2 heterocycles. The average molecular weight is 335 g/mol. The number of fused-ring (bicyclic) bond motifs is 1. The van der Waals surface area contributed by atoms with E-state index in [0.29, 0.717) is 0 Å². The zero-order chi connectivity index (χ0) is 17.1. The van der Waals surface area contributed by atoms with Crippen LogP contribution in [0, 0.1) is 5.82 Å². The van der Waals surface area contributed by atoms with Gasteiger partial charge in [0.05, 0.1) is 0 Å². The van der Waals surface area contributed by atoms with E-state index < -0.39 is 0 Å². The van der Waals surface area contributed by atoms with Crippen molar-refractivity contribution in [2.24, 2.45) is 0 Å². The lowest BCUT2D eigenvalue weighted by atomic mass is 10.00. The lowest BCUT2D eigenvalue weighted by molar-refractivity contribution is 0.586. The van der Waals surface area contributed by atoms with Crippen LogP contribution in [-0.4, -0.2) is 31.2 Å². The molecule has 3 nitrogen and oxygen atoms in total. The van der Waals surface area contributed by atoms with Gasteiger partial charge in [-0.1, -0.05) is 36.4 Å². The van der Waals surface area contributed by atoms with Gasteiger partial charge in [0.2, 0.25) is 0 Å². The molecule has 1 fully saturated rings. The number of aromatic nitrogens is 1. The van der Waals surface area contributed by atoms with Crippen LogP contribution >= 0.6 is 0 Å². The summed E-state index contributed by atoms with van der Waals surface area (Å²) in [5.74, 6) is 0.902. The Morgan fingerprint density at radius 1 is 0.920 bits per heavy atom. The fraction of sp³-hybridized carbons (Fsp3) is 0.286. The van der Waals surface area contributed by atoms with E-state index in [9.17, 15) is 4.39 Å². The normalized spacial score (nSPS) is 14.8. The topological polar surface area (TPSA) is 28.2 Å². The molecule has 0 amide bonds. The predicted molar refractivity (Wildman–Crippen MR) is 101 cm³/mol. The third-order valence-corrected chi connectivity index (χ3v) is 4.87. The summed E-state index contributed by atoms with van der Waals surface area (Å²) >= 11 is 0. The van der Waals surface area contributed by atoms with Crippen LogP contribution in [0.25, 0.3) is 10.8 Å². The molecule has 1 aromatic heterocycles. The van der Waals surface area contributed by atoms with Crippen molar-refractivity contribution >= 4 is 16.6 Å². The van der Waals surface area contributed by atoms with E-state index in [0.717, 1.165) is 50.4 Å². The number of nitrogens with zero attached hydrogens (tertiary/aromatic N) is 2. The Hall–Kier alpha value is -2.46. The molecule has 3 aromatic rings. The van der Waals surface area contributed by atoms with Gasteiger partial charge in [0.25, 0.3) is 0 Å². The van der Waals surface area contributed by atoms with E-state index in [1.807, 2.05) is 18.3 Å². The average Bonchev–Trinajstić information content (AvgIpc) is 2.68. The van der Waals surface area contributed by atoms with Crippen LogP contribution in [0.1, 0.15) is 11.1 Å². The molecular formula is C21H22FN3. The summed E-state index contributed by atoms with van der Waals surface area (Å²) < 4.78 is 13.1. The maximum absolute atomic E-state index is 13.1. The van der Waals surface area contributed by atoms with Crippen LogP contribution in [0.2, 0.25) is 0 Å². The van der Waals surface area contributed by atoms with E-state index in [1.54, 1.807) is 0 Å². The second-order valence-electron chi connectivity index (χ2n) is 6.52. The SMILES string of the molecule is Fc1ccc(CCc2cnc(N3CCNCC3)c3ccccc23)cc1. The summed E-state index contributed by atoms with van der Waals surface area (Å²) in [6, 6.07) is 15.3. The van der Waals surface area contributed by atoms with Gasteiger partial charge in [-0.25, -0.2) is 9.37 Å². The molecule has 128 valence electrons.